The van der Waals surface area contributed by atoms with Crippen molar-refractivity contribution in [2.24, 2.45) is 11.8 Å². The quantitative estimate of drug-likeness (QED) is 0.738. The molecule has 0 unspecified atom stereocenters. The van der Waals surface area contributed by atoms with Gasteiger partial charge in [0.25, 0.3) is 0 Å². The van der Waals surface area contributed by atoms with Crippen LogP contribution in [-0.2, 0) is 9.59 Å². The van der Waals surface area contributed by atoms with E-state index >= 15 is 0 Å². The summed E-state index contributed by atoms with van der Waals surface area (Å²) >= 11 is 0. The Morgan fingerprint density at radius 2 is 1.85 bits per heavy atom. The zero-order valence-electron chi connectivity index (χ0n) is 12.2. The Bertz CT molecular complexity index is 326. The third-order valence-corrected chi connectivity index (χ3v) is 4.14. The number of nitrogens with one attached hydrogen (secondary N) is 2. The van der Waals surface area contributed by atoms with E-state index in [4.69, 9.17) is 0 Å². The first kappa shape index (κ1) is 17.2. The van der Waals surface area contributed by atoms with Crippen molar-refractivity contribution in [1.29, 1.82) is 0 Å². The number of hydrogen-bond acceptors (Lipinski definition) is 3. The molecule has 0 aliphatic carbocycles. The molecule has 5 nitrogen and oxygen atoms in total. The minimum atomic E-state index is 0. The Kier molecular flexibility index (Phi) is 7.30. The van der Waals surface area contributed by atoms with Crippen molar-refractivity contribution in [3.63, 3.8) is 0 Å². The monoisotopic (exact) mass is 303 g/mol. The summed E-state index contributed by atoms with van der Waals surface area (Å²) in [7, 11) is 0. The van der Waals surface area contributed by atoms with E-state index in [1.165, 1.54) is 0 Å². The fourth-order valence-corrected chi connectivity index (χ4v) is 2.62. The smallest absolute Gasteiger partial charge is 0.228 e. The van der Waals surface area contributed by atoms with Gasteiger partial charge >= 0.3 is 0 Å². The first-order valence-corrected chi connectivity index (χ1v) is 7.49. The minimum absolute atomic E-state index is 0. The van der Waals surface area contributed by atoms with Crippen molar-refractivity contribution in [2.45, 2.75) is 32.6 Å². The summed E-state index contributed by atoms with van der Waals surface area (Å²) in [5.74, 6) is 0.713. The molecule has 116 valence electrons. The molecular formula is C14H26ClN3O2. The lowest BCUT2D eigenvalue weighted by molar-refractivity contribution is -0.140. The molecule has 2 heterocycles. The van der Waals surface area contributed by atoms with Crippen LogP contribution in [0.5, 0.6) is 0 Å². The van der Waals surface area contributed by atoms with Crippen molar-refractivity contribution < 1.29 is 9.59 Å². The molecule has 0 saturated carbocycles. The fraction of sp³-hybridized carbons (Fsp3) is 0.857. The molecule has 2 N–H and O–H groups in total. The van der Waals surface area contributed by atoms with Gasteiger partial charge in [0.1, 0.15) is 0 Å². The molecule has 2 rings (SSSR count). The first-order chi connectivity index (χ1) is 9.22. The predicted molar refractivity (Wildman–Crippen MR) is 80.8 cm³/mol. The number of unbranched alkanes of at least 4 members (excludes halogenated alkanes) is 1. The number of carbonyl (C=O) groups excluding carboxylic acids is 2. The van der Waals surface area contributed by atoms with Crippen LogP contribution in [0, 0.1) is 11.8 Å². The zero-order valence-corrected chi connectivity index (χ0v) is 13.0. The van der Waals surface area contributed by atoms with Gasteiger partial charge in [-0.3, -0.25) is 9.59 Å². The number of halogens is 1. The number of nitrogens with zero attached hydrogens (tertiary/aromatic N) is 1. The molecule has 0 aromatic rings. The van der Waals surface area contributed by atoms with Gasteiger partial charge in [0, 0.05) is 38.6 Å². The molecule has 2 amide bonds. The Morgan fingerprint density at radius 1 is 1.20 bits per heavy atom. The second-order valence-corrected chi connectivity index (χ2v) is 5.60. The molecule has 0 atom stereocenters. The maximum Gasteiger partial charge on any atom is 0.228 e. The number of amides is 2. The Hall–Kier alpha value is -0.810. The summed E-state index contributed by atoms with van der Waals surface area (Å²) in [4.78, 5) is 25.9. The summed E-state index contributed by atoms with van der Waals surface area (Å²) in [5.41, 5.74) is 0. The van der Waals surface area contributed by atoms with Crippen molar-refractivity contribution in [3.05, 3.63) is 0 Å². The van der Waals surface area contributed by atoms with Crippen LogP contribution in [0.3, 0.4) is 0 Å². The van der Waals surface area contributed by atoms with E-state index in [1.54, 1.807) is 0 Å². The van der Waals surface area contributed by atoms with E-state index in [0.29, 0.717) is 0 Å². The molecule has 2 aliphatic heterocycles. The van der Waals surface area contributed by atoms with Crippen LogP contribution in [0.25, 0.3) is 0 Å². The van der Waals surface area contributed by atoms with Crippen molar-refractivity contribution >= 4 is 24.2 Å². The molecule has 0 spiro atoms. The average Bonchev–Trinajstić information content (AvgIpc) is 2.37. The normalized spacial score (nSPS) is 19.9. The van der Waals surface area contributed by atoms with E-state index in [2.05, 4.69) is 17.6 Å². The molecule has 0 aromatic carbocycles. The molecule has 2 aliphatic rings. The van der Waals surface area contributed by atoms with Crippen LogP contribution >= 0.6 is 12.4 Å². The molecule has 0 aromatic heterocycles. The van der Waals surface area contributed by atoms with Gasteiger partial charge in [-0.25, -0.2) is 0 Å². The Balaban J connectivity index is 0.00000200. The van der Waals surface area contributed by atoms with Gasteiger partial charge < -0.3 is 15.5 Å². The number of rotatable bonds is 5. The minimum Gasteiger partial charge on any atom is -0.356 e. The molecule has 20 heavy (non-hydrogen) atoms. The van der Waals surface area contributed by atoms with Crippen LogP contribution in [0.15, 0.2) is 0 Å². The lowest BCUT2D eigenvalue weighted by atomic mass is 9.93. The molecule has 0 bridgehead atoms. The van der Waals surface area contributed by atoms with Crippen molar-refractivity contribution in [3.8, 4) is 0 Å². The number of piperidine rings is 1. The maximum atomic E-state index is 12.1. The number of hydrogen-bond donors (Lipinski definition) is 2. The van der Waals surface area contributed by atoms with Crippen LogP contribution in [0.4, 0.5) is 0 Å². The van der Waals surface area contributed by atoms with Crippen LogP contribution in [0.1, 0.15) is 32.6 Å². The molecule has 0 radical (unpaired) electrons. The summed E-state index contributed by atoms with van der Waals surface area (Å²) in [6.07, 6.45) is 3.76. The van der Waals surface area contributed by atoms with E-state index in [0.717, 1.165) is 58.4 Å². The second kappa shape index (κ2) is 8.47. The third kappa shape index (κ3) is 4.35. The van der Waals surface area contributed by atoms with Crippen molar-refractivity contribution in [2.75, 3.05) is 32.7 Å². The SMILES string of the molecule is CCCCNC(=O)C1CCN(C(=O)C2CNC2)CC1.Cl. The highest BCUT2D eigenvalue weighted by molar-refractivity contribution is 5.85. The largest absolute Gasteiger partial charge is 0.356 e. The Labute approximate surface area is 127 Å². The molecule has 2 saturated heterocycles. The van der Waals surface area contributed by atoms with Crippen molar-refractivity contribution in [1.82, 2.24) is 15.5 Å². The van der Waals surface area contributed by atoms with Crippen LogP contribution in [-0.4, -0.2) is 49.4 Å². The zero-order chi connectivity index (χ0) is 13.7. The fourth-order valence-electron chi connectivity index (χ4n) is 2.62. The van der Waals surface area contributed by atoms with Gasteiger partial charge in [-0.1, -0.05) is 13.3 Å². The summed E-state index contributed by atoms with van der Waals surface area (Å²) in [6, 6.07) is 0. The van der Waals surface area contributed by atoms with E-state index in [1.807, 2.05) is 4.90 Å². The predicted octanol–water partition coefficient (Wildman–Crippen LogP) is 0.782. The average molecular weight is 304 g/mol. The summed E-state index contributed by atoms with van der Waals surface area (Å²) < 4.78 is 0. The third-order valence-electron chi connectivity index (χ3n) is 4.14. The van der Waals surface area contributed by atoms with Crippen LogP contribution in [0.2, 0.25) is 0 Å². The topological polar surface area (TPSA) is 61.4 Å². The number of carbonyl (C=O) groups is 2. The van der Waals surface area contributed by atoms with Gasteiger partial charge in [-0.05, 0) is 19.3 Å². The lowest BCUT2D eigenvalue weighted by Crippen LogP contribution is -2.54. The van der Waals surface area contributed by atoms with E-state index in [9.17, 15) is 9.59 Å². The van der Waals surface area contributed by atoms with E-state index < -0.39 is 0 Å². The van der Waals surface area contributed by atoms with Gasteiger partial charge in [0.15, 0.2) is 0 Å². The summed E-state index contributed by atoms with van der Waals surface area (Å²) in [5, 5.41) is 6.12. The summed E-state index contributed by atoms with van der Waals surface area (Å²) in [6.45, 7) is 6.00. The maximum absolute atomic E-state index is 12.1. The molecule has 6 heteroatoms. The van der Waals surface area contributed by atoms with Gasteiger partial charge in [0.05, 0.1) is 5.92 Å². The molecular weight excluding hydrogens is 278 g/mol. The highest BCUT2D eigenvalue weighted by Crippen LogP contribution is 2.20. The van der Waals surface area contributed by atoms with Gasteiger partial charge in [0.2, 0.25) is 11.8 Å². The first-order valence-electron chi connectivity index (χ1n) is 7.49. The Morgan fingerprint density at radius 3 is 2.35 bits per heavy atom. The number of likely N-dealkylation sites (tertiary alicyclic amines) is 1. The van der Waals surface area contributed by atoms with Gasteiger partial charge in [-0.2, -0.15) is 0 Å². The standard InChI is InChI=1S/C14H25N3O2.ClH/c1-2-3-6-16-13(18)11-4-7-17(8-5-11)14(19)12-9-15-10-12;/h11-12,15H,2-10H2,1H3,(H,16,18);1H. The van der Waals surface area contributed by atoms with E-state index in [-0.39, 0.29) is 36.1 Å². The second-order valence-electron chi connectivity index (χ2n) is 5.60. The lowest BCUT2D eigenvalue weighted by Gasteiger charge is -2.36. The highest BCUT2D eigenvalue weighted by atomic mass is 35.5. The van der Waals surface area contributed by atoms with Crippen LogP contribution < -0.4 is 10.6 Å². The van der Waals surface area contributed by atoms with Gasteiger partial charge in [-0.15, -0.1) is 12.4 Å². The molecule has 2 fully saturated rings. The highest BCUT2D eigenvalue weighted by Gasteiger charge is 2.32.